The monoisotopic (exact) mass is 589 g/mol. The van der Waals surface area contributed by atoms with Crippen molar-refractivity contribution >= 4 is 34.0 Å². The second-order valence-electron chi connectivity index (χ2n) is 11.1. The molecule has 2 heterocycles. The standard InChI is InChI=1S/C36H33F2N5O/c1-24-8-3-4-15-33(24)43(22-26-9-5-10-28(37)20-26)25(2)27-16-18-42(19-17-27)36(44)32-14-7-13-31-34(32)39-23-40-35(31)41-30-12-6-11-29(38)21-30/h3-15,20-21,23,27H,2,16-19,22H2,1H3,(H,39,40,41). The zero-order valence-electron chi connectivity index (χ0n) is 24.5. The first-order valence-electron chi connectivity index (χ1n) is 14.7. The van der Waals surface area contributed by atoms with E-state index in [4.69, 9.17) is 0 Å². The summed E-state index contributed by atoms with van der Waals surface area (Å²) in [5.74, 6) is -0.0545. The molecule has 222 valence electrons. The number of carbonyl (C=O) groups is 1. The fourth-order valence-electron chi connectivity index (χ4n) is 5.89. The van der Waals surface area contributed by atoms with Gasteiger partial charge in [-0.25, -0.2) is 18.7 Å². The Hall–Kier alpha value is -5.11. The number of hydrogen-bond acceptors (Lipinski definition) is 5. The average Bonchev–Trinajstić information content (AvgIpc) is 3.03. The number of aryl methyl sites for hydroxylation is 1. The number of anilines is 3. The summed E-state index contributed by atoms with van der Waals surface area (Å²) in [5.41, 5.74) is 5.57. The van der Waals surface area contributed by atoms with Crippen molar-refractivity contribution in [2.75, 3.05) is 23.3 Å². The van der Waals surface area contributed by atoms with Gasteiger partial charge >= 0.3 is 0 Å². The molecule has 1 aliphatic rings. The van der Waals surface area contributed by atoms with Gasteiger partial charge in [0.2, 0.25) is 0 Å². The Labute approximate surface area is 255 Å². The van der Waals surface area contributed by atoms with Gasteiger partial charge in [0.05, 0.1) is 11.1 Å². The van der Waals surface area contributed by atoms with Crippen molar-refractivity contribution in [3.63, 3.8) is 0 Å². The van der Waals surface area contributed by atoms with Crippen LogP contribution >= 0.6 is 0 Å². The molecule has 44 heavy (non-hydrogen) atoms. The lowest BCUT2D eigenvalue weighted by Gasteiger charge is -2.38. The number of piperidine rings is 1. The topological polar surface area (TPSA) is 61.4 Å². The quantitative estimate of drug-likeness (QED) is 0.199. The van der Waals surface area contributed by atoms with Crippen LogP contribution in [0.15, 0.2) is 110 Å². The van der Waals surface area contributed by atoms with E-state index in [1.165, 1.54) is 24.5 Å². The first kappa shape index (κ1) is 29.0. The number of para-hydroxylation sites is 2. The first-order chi connectivity index (χ1) is 21.4. The van der Waals surface area contributed by atoms with E-state index in [1.54, 1.807) is 30.3 Å². The van der Waals surface area contributed by atoms with Gasteiger partial charge in [-0.15, -0.1) is 0 Å². The number of likely N-dealkylation sites (tertiary alicyclic amines) is 1. The Bertz CT molecular complexity index is 1830. The minimum atomic E-state index is -0.355. The molecule has 0 unspecified atom stereocenters. The Morgan fingerprint density at radius 3 is 2.41 bits per heavy atom. The van der Waals surface area contributed by atoms with Crippen molar-refractivity contribution in [3.8, 4) is 0 Å². The summed E-state index contributed by atoms with van der Waals surface area (Å²) in [6.45, 7) is 8.22. The van der Waals surface area contributed by atoms with Gasteiger partial charge in [0.15, 0.2) is 0 Å². The van der Waals surface area contributed by atoms with Gasteiger partial charge in [-0.3, -0.25) is 4.79 Å². The average molecular weight is 590 g/mol. The number of halogens is 2. The zero-order valence-corrected chi connectivity index (χ0v) is 24.5. The zero-order chi connectivity index (χ0) is 30.6. The largest absolute Gasteiger partial charge is 0.341 e. The van der Waals surface area contributed by atoms with E-state index in [9.17, 15) is 13.6 Å². The predicted octanol–water partition coefficient (Wildman–Crippen LogP) is 8.03. The molecule has 0 atom stereocenters. The molecule has 0 saturated carbocycles. The van der Waals surface area contributed by atoms with Crippen LogP contribution in [0.3, 0.4) is 0 Å². The molecule has 1 saturated heterocycles. The molecular weight excluding hydrogens is 556 g/mol. The van der Waals surface area contributed by atoms with Crippen LogP contribution in [-0.4, -0.2) is 33.9 Å². The van der Waals surface area contributed by atoms with Crippen molar-refractivity contribution in [1.82, 2.24) is 14.9 Å². The lowest BCUT2D eigenvalue weighted by molar-refractivity contribution is 0.0703. The molecule has 5 aromatic rings. The summed E-state index contributed by atoms with van der Waals surface area (Å²) in [6, 6.07) is 26.4. The molecule has 1 fully saturated rings. The molecule has 1 N–H and O–H groups in total. The van der Waals surface area contributed by atoms with Gasteiger partial charge in [0, 0.05) is 48.0 Å². The maximum Gasteiger partial charge on any atom is 0.256 e. The fourth-order valence-corrected chi connectivity index (χ4v) is 5.89. The summed E-state index contributed by atoms with van der Waals surface area (Å²) < 4.78 is 27.8. The third kappa shape index (κ3) is 6.15. The number of nitrogens with zero attached hydrogens (tertiary/aromatic N) is 4. The van der Waals surface area contributed by atoms with Gasteiger partial charge in [-0.1, -0.05) is 49.0 Å². The third-order valence-electron chi connectivity index (χ3n) is 8.22. The van der Waals surface area contributed by atoms with Crippen molar-refractivity contribution < 1.29 is 13.6 Å². The molecule has 8 heteroatoms. The van der Waals surface area contributed by atoms with Gasteiger partial charge in [-0.05, 0) is 79.4 Å². The molecular formula is C36H33F2N5O. The Morgan fingerprint density at radius 1 is 0.932 bits per heavy atom. The smallest absolute Gasteiger partial charge is 0.256 e. The normalized spacial score (nSPS) is 13.6. The number of rotatable bonds is 8. The number of amides is 1. The molecule has 0 aliphatic carbocycles. The van der Waals surface area contributed by atoms with E-state index in [0.29, 0.717) is 47.6 Å². The molecule has 0 spiro atoms. The molecule has 0 radical (unpaired) electrons. The van der Waals surface area contributed by atoms with Crippen molar-refractivity contribution in [3.05, 3.63) is 138 Å². The summed E-state index contributed by atoms with van der Waals surface area (Å²) in [6.07, 6.45) is 2.92. The van der Waals surface area contributed by atoms with E-state index in [-0.39, 0.29) is 23.5 Å². The number of aromatic nitrogens is 2. The summed E-state index contributed by atoms with van der Waals surface area (Å²) in [4.78, 5) is 26.7. The Morgan fingerprint density at radius 2 is 1.66 bits per heavy atom. The van der Waals surface area contributed by atoms with E-state index < -0.39 is 0 Å². The Kier molecular flexibility index (Phi) is 8.32. The van der Waals surface area contributed by atoms with Gasteiger partial charge in [0.25, 0.3) is 5.91 Å². The molecule has 6 rings (SSSR count). The molecule has 0 bridgehead atoms. The number of nitrogens with one attached hydrogen (secondary N) is 1. The maximum absolute atomic E-state index is 14.0. The van der Waals surface area contributed by atoms with Crippen LogP contribution in [0.5, 0.6) is 0 Å². The number of benzene rings is 4. The number of fused-ring (bicyclic) bond motifs is 1. The second kappa shape index (κ2) is 12.6. The van der Waals surface area contributed by atoms with E-state index in [1.807, 2.05) is 35.2 Å². The summed E-state index contributed by atoms with van der Waals surface area (Å²) in [7, 11) is 0. The van der Waals surface area contributed by atoms with Gasteiger partial charge in [0.1, 0.15) is 23.8 Å². The highest BCUT2D eigenvalue weighted by Crippen LogP contribution is 2.34. The first-order valence-corrected chi connectivity index (χ1v) is 14.7. The fraction of sp³-hybridized carbons (Fsp3) is 0.194. The van der Waals surface area contributed by atoms with Crippen molar-refractivity contribution in [2.45, 2.75) is 26.3 Å². The van der Waals surface area contributed by atoms with Gasteiger partial charge < -0.3 is 15.1 Å². The lowest BCUT2D eigenvalue weighted by atomic mass is 9.91. The summed E-state index contributed by atoms with van der Waals surface area (Å²) in [5, 5.41) is 3.83. The van der Waals surface area contributed by atoms with E-state index in [0.717, 1.165) is 35.4 Å². The van der Waals surface area contributed by atoms with Crippen molar-refractivity contribution in [2.24, 2.45) is 5.92 Å². The van der Waals surface area contributed by atoms with Crippen LogP contribution in [0.25, 0.3) is 10.9 Å². The number of hydrogen-bond donors (Lipinski definition) is 1. The predicted molar refractivity (Wildman–Crippen MR) is 171 cm³/mol. The third-order valence-corrected chi connectivity index (χ3v) is 8.22. The minimum absolute atomic E-state index is 0.0920. The van der Waals surface area contributed by atoms with Crippen LogP contribution in [-0.2, 0) is 6.54 Å². The Balaban J connectivity index is 1.19. The molecule has 1 amide bonds. The van der Waals surface area contributed by atoms with Crippen LogP contribution in [0.4, 0.5) is 26.0 Å². The van der Waals surface area contributed by atoms with Crippen molar-refractivity contribution in [1.29, 1.82) is 0 Å². The van der Waals surface area contributed by atoms with Crippen LogP contribution in [0.1, 0.15) is 34.3 Å². The SMILES string of the molecule is C=C(C1CCN(C(=O)c2cccc3c(Nc4cccc(F)c4)ncnc23)CC1)N(Cc1cccc(F)c1)c1ccccc1C. The summed E-state index contributed by atoms with van der Waals surface area (Å²) >= 11 is 0. The highest BCUT2D eigenvalue weighted by atomic mass is 19.1. The van der Waals surface area contributed by atoms with Crippen LogP contribution in [0.2, 0.25) is 0 Å². The van der Waals surface area contributed by atoms with Crippen LogP contribution in [0, 0.1) is 24.5 Å². The molecule has 6 nitrogen and oxygen atoms in total. The minimum Gasteiger partial charge on any atom is -0.341 e. The van der Waals surface area contributed by atoms with Crippen LogP contribution < -0.4 is 10.2 Å². The van der Waals surface area contributed by atoms with E-state index in [2.05, 4.69) is 45.8 Å². The van der Waals surface area contributed by atoms with E-state index >= 15 is 0 Å². The lowest BCUT2D eigenvalue weighted by Crippen LogP contribution is -2.40. The second-order valence-corrected chi connectivity index (χ2v) is 11.1. The highest BCUT2D eigenvalue weighted by molar-refractivity contribution is 6.07. The maximum atomic E-state index is 14.0. The van der Waals surface area contributed by atoms with Gasteiger partial charge in [-0.2, -0.15) is 0 Å². The molecule has 4 aromatic carbocycles. The molecule has 1 aromatic heterocycles. The number of allylic oxidation sites excluding steroid dienone is 1. The molecule has 1 aliphatic heterocycles. The highest BCUT2D eigenvalue weighted by Gasteiger charge is 2.29. The number of carbonyl (C=O) groups excluding carboxylic acids is 1.